The van der Waals surface area contributed by atoms with Gasteiger partial charge in [-0.05, 0) is 37.0 Å². The number of rotatable bonds is 2. The molecule has 2 fully saturated rings. The fourth-order valence-electron chi connectivity index (χ4n) is 3.37. The Bertz CT molecular complexity index is 424. The van der Waals surface area contributed by atoms with Gasteiger partial charge in [-0.3, -0.25) is 4.79 Å². The van der Waals surface area contributed by atoms with Crippen LogP contribution in [0.4, 0.5) is 5.69 Å². The van der Waals surface area contributed by atoms with E-state index in [-0.39, 0.29) is 6.61 Å². The maximum atomic E-state index is 11.7. The minimum absolute atomic E-state index is 0.0889. The highest BCUT2D eigenvalue weighted by Crippen LogP contribution is 2.36. The first-order valence-electron chi connectivity index (χ1n) is 6.78. The molecule has 2 saturated heterocycles. The van der Waals surface area contributed by atoms with Gasteiger partial charge in [-0.15, -0.1) is 0 Å². The Morgan fingerprint density at radius 1 is 1.11 bits per heavy atom. The molecule has 2 unspecified atom stereocenters. The molecule has 2 bridgehead atoms. The SMILES string of the molecule is O=C1CC2CCCC(C1)N2c1ccc(CO)cc1. The van der Waals surface area contributed by atoms with Crippen LogP contribution in [0.5, 0.6) is 0 Å². The van der Waals surface area contributed by atoms with Gasteiger partial charge in [0.2, 0.25) is 0 Å². The molecular weight excluding hydrogens is 226 g/mol. The van der Waals surface area contributed by atoms with Gasteiger partial charge in [0.15, 0.2) is 0 Å². The number of carbonyl (C=O) groups excluding carboxylic acids is 1. The van der Waals surface area contributed by atoms with Crippen molar-refractivity contribution in [3.05, 3.63) is 29.8 Å². The van der Waals surface area contributed by atoms with E-state index in [2.05, 4.69) is 17.0 Å². The molecule has 3 nitrogen and oxygen atoms in total. The quantitative estimate of drug-likeness (QED) is 0.869. The largest absolute Gasteiger partial charge is 0.392 e. The number of hydrogen-bond acceptors (Lipinski definition) is 3. The molecule has 96 valence electrons. The van der Waals surface area contributed by atoms with Crippen molar-refractivity contribution < 1.29 is 9.90 Å². The second kappa shape index (κ2) is 4.73. The molecule has 18 heavy (non-hydrogen) atoms. The zero-order chi connectivity index (χ0) is 12.5. The van der Waals surface area contributed by atoms with E-state index < -0.39 is 0 Å². The lowest BCUT2D eigenvalue weighted by molar-refractivity contribution is -0.121. The van der Waals surface area contributed by atoms with Crippen molar-refractivity contribution in [2.24, 2.45) is 0 Å². The van der Waals surface area contributed by atoms with Gasteiger partial charge in [-0.2, -0.15) is 0 Å². The third kappa shape index (κ3) is 2.03. The molecule has 2 aliphatic rings. The van der Waals surface area contributed by atoms with E-state index in [1.54, 1.807) is 0 Å². The van der Waals surface area contributed by atoms with Gasteiger partial charge in [0.1, 0.15) is 5.78 Å². The molecule has 0 saturated carbocycles. The smallest absolute Gasteiger partial charge is 0.137 e. The van der Waals surface area contributed by atoms with Gasteiger partial charge in [-0.25, -0.2) is 0 Å². The Morgan fingerprint density at radius 2 is 1.72 bits per heavy atom. The molecule has 0 aliphatic carbocycles. The summed E-state index contributed by atoms with van der Waals surface area (Å²) in [6.07, 6.45) is 4.92. The normalized spacial score (nSPS) is 27.4. The van der Waals surface area contributed by atoms with Crippen LogP contribution in [0.2, 0.25) is 0 Å². The molecule has 1 N–H and O–H groups in total. The molecule has 3 rings (SSSR count). The number of hydrogen-bond donors (Lipinski definition) is 1. The van der Waals surface area contributed by atoms with E-state index in [0.29, 0.717) is 30.7 Å². The van der Waals surface area contributed by atoms with Crippen LogP contribution in [0.1, 0.15) is 37.7 Å². The van der Waals surface area contributed by atoms with Crippen molar-refractivity contribution in [1.82, 2.24) is 0 Å². The lowest BCUT2D eigenvalue weighted by Gasteiger charge is -2.47. The van der Waals surface area contributed by atoms with Crippen LogP contribution < -0.4 is 4.90 Å². The molecule has 0 amide bonds. The molecule has 2 atom stereocenters. The summed E-state index contributed by atoms with van der Waals surface area (Å²) in [7, 11) is 0. The van der Waals surface area contributed by atoms with Crippen LogP contribution in [0.15, 0.2) is 24.3 Å². The number of fused-ring (bicyclic) bond motifs is 2. The van der Waals surface area contributed by atoms with Gasteiger partial charge in [0, 0.05) is 30.6 Å². The van der Waals surface area contributed by atoms with E-state index in [1.165, 1.54) is 12.1 Å². The second-order valence-electron chi connectivity index (χ2n) is 5.42. The average molecular weight is 245 g/mol. The maximum absolute atomic E-state index is 11.7. The first-order chi connectivity index (χ1) is 8.78. The van der Waals surface area contributed by atoms with Crippen molar-refractivity contribution >= 4 is 11.5 Å². The van der Waals surface area contributed by atoms with Crippen LogP contribution in [0.3, 0.4) is 0 Å². The Morgan fingerprint density at radius 3 is 2.28 bits per heavy atom. The predicted molar refractivity (Wildman–Crippen MR) is 70.5 cm³/mol. The van der Waals surface area contributed by atoms with Crippen LogP contribution >= 0.6 is 0 Å². The van der Waals surface area contributed by atoms with Crippen LogP contribution in [0.25, 0.3) is 0 Å². The first kappa shape index (κ1) is 11.7. The number of aliphatic hydroxyl groups is 1. The van der Waals surface area contributed by atoms with Gasteiger partial charge in [0.05, 0.1) is 6.61 Å². The summed E-state index contributed by atoms with van der Waals surface area (Å²) < 4.78 is 0. The third-order valence-electron chi connectivity index (χ3n) is 4.21. The number of nitrogens with zero attached hydrogens (tertiary/aromatic N) is 1. The molecule has 0 radical (unpaired) electrons. The fourth-order valence-corrected chi connectivity index (χ4v) is 3.37. The molecular formula is C15H19NO2. The third-order valence-corrected chi connectivity index (χ3v) is 4.21. The van der Waals surface area contributed by atoms with Crippen molar-refractivity contribution in [1.29, 1.82) is 0 Å². The summed E-state index contributed by atoms with van der Waals surface area (Å²) in [6.45, 7) is 0.0889. The zero-order valence-electron chi connectivity index (χ0n) is 10.5. The highest BCUT2D eigenvalue weighted by atomic mass is 16.3. The van der Waals surface area contributed by atoms with E-state index >= 15 is 0 Å². The number of Topliss-reactive ketones (excluding diaryl/α,β-unsaturated/α-hetero) is 1. The number of piperidine rings is 2. The summed E-state index contributed by atoms with van der Waals surface area (Å²) >= 11 is 0. The molecule has 3 heteroatoms. The van der Waals surface area contributed by atoms with Gasteiger partial charge >= 0.3 is 0 Å². The number of ketones is 1. The summed E-state index contributed by atoms with van der Waals surface area (Å²) in [5.41, 5.74) is 2.14. The predicted octanol–water partition coefficient (Wildman–Crippen LogP) is 2.27. The standard InChI is InChI=1S/C15H19NO2/c17-10-11-4-6-12(7-5-11)16-13-2-1-3-14(16)9-15(18)8-13/h4-7,13-14,17H,1-3,8-10H2. The molecule has 2 heterocycles. The van der Waals surface area contributed by atoms with E-state index in [9.17, 15) is 4.79 Å². The molecule has 1 aromatic rings. The highest BCUT2D eigenvalue weighted by molar-refractivity contribution is 5.82. The van der Waals surface area contributed by atoms with Crippen molar-refractivity contribution in [2.45, 2.75) is 50.8 Å². The van der Waals surface area contributed by atoms with Crippen LogP contribution in [-0.2, 0) is 11.4 Å². The van der Waals surface area contributed by atoms with Crippen molar-refractivity contribution in [3.8, 4) is 0 Å². The van der Waals surface area contributed by atoms with E-state index in [1.807, 2.05) is 12.1 Å². The number of anilines is 1. The lowest BCUT2D eigenvalue weighted by atomic mass is 9.83. The Balaban J connectivity index is 1.87. The second-order valence-corrected chi connectivity index (χ2v) is 5.42. The summed E-state index contributed by atoms with van der Waals surface area (Å²) in [5.74, 6) is 0.424. The molecule has 2 aliphatic heterocycles. The van der Waals surface area contributed by atoms with Crippen LogP contribution in [0, 0.1) is 0 Å². The fraction of sp³-hybridized carbons (Fsp3) is 0.533. The molecule has 0 spiro atoms. The average Bonchev–Trinajstić information content (AvgIpc) is 2.38. The van der Waals surface area contributed by atoms with Gasteiger partial charge < -0.3 is 10.0 Å². The molecule has 0 aromatic heterocycles. The first-order valence-corrected chi connectivity index (χ1v) is 6.78. The molecule has 1 aromatic carbocycles. The number of aliphatic hydroxyl groups excluding tert-OH is 1. The Labute approximate surface area is 107 Å². The van der Waals surface area contributed by atoms with Crippen LogP contribution in [-0.4, -0.2) is 23.0 Å². The van der Waals surface area contributed by atoms with Crippen molar-refractivity contribution in [2.75, 3.05) is 4.90 Å². The summed E-state index contributed by atoms with van der Waals surface area (Å²) in [6, 6.07) is 8.89. The Kier molecular flexibility index (Phi) is 3.08. The van der Waals surface area contributed by atoms with Gasteiger partial charge in [-0.1, -0.05) is 12.1 Å². The lowest BCUT2D eigenvalue weighted by Crippen LogP contribution is -2.52. The summed E-state index contributed by atoms with van der Waals surface area (Å²) in [5, 5.41) is 9.08. The van der Waals surface area contributed by atoms with E-state index in [4.69, 9.17) is 5.11 Å². The van der Waals surface area contributed by atoms with Gasteiger partial charge in [0.25, 0.3) is 0 Å². The summed E-state index contributed by atoms with van der Waals surface area (Å²) in [4.78, 5) is 14.1. The number of carbonyl (C=O) groups is 1. The highest BCUT2D eigenvalue weighted by Gasteiger charge is 2.37. The monoisotopic (exact) mass is 245 g/mol. The van der Waals surface area contributed by atoms with E-state index in [0.717, 1.165) is 18.4 Å². The number of benzene rings is 1. The zero-order valence-corrected chi connectivity index (χ0v) is 10.5. The Hall–Kier alpha value is -1.35. The minimum atomic E-state index is 0.0889. The topological polar surface area (TPSA) is 40.5 Å². The minimum Gasteiger partial charge on any atom is -0.392 e. The maximum Gasteiger partial charge on any atom is 0.137 e. The van der Waals surface area contributed by atoms with Crippen molar-refractivity contribution in [3.63, 3.8) is 0 Å².